The molecule has 0 aliphatic carbocycles. The molecule has 86 valence electrons. The van der Waals surface area contributed by atoms with Crippen molar-refractivity contribution in [2.24, 2.45) is 0 Å². The summed E-state index contributed by atoms with van der Waals surface area (Å²) in [5, 5.41) is 0.775. The summed E-state index contributed by atoms with van der Waals surface area (Å²) in [7, 11) is 2.07. The van der Waals surface area contributed by atoms with E-state index in [4.69, 9.17) is 11.6 Å². The minimum absolute atomic E-state index is 0.775. The third-order valence-corrected chi connectivity index (χ3v) is 4.63. The minimum atomic E-state index is 0.775. The van der Waals surface area contributed by atoms with Gasteiger partial charge in [-0.25, -0.2) is 0 Å². The van der Waals surface area contributed by atoms with Gasteiger partial charge in [0.25, 0.3) is 0 Å². The average Bonchev–Trinajstić information content (AvgIpc) is 2.30. The van der Waals surface area contributed by atoms with E-state index in [0.717, 1.165) is 15.2 Å². The molecular weight excluding hydrogens is 318 g/mol. The van der Waals surface area contributed by atoms with E-state index in [1.165, 1.54) is 15.5 Å². The lowest BCUT2D eigenvalue weighted by atomic mass is 10.2. The van der Waals surface area contributed by atoms with Crippen molar-refractivity contribution in [2.75, 3.05) is 11.9 Å². The van der Waals surface area contributed by atoms with Crippen molar-refractivity contribution >= 4 is 50.7 Å². The summed E-state index contributed by atoms with van der Waals surface area (Å²) in [4.78, 5) is 4.68. The van der Waals surface area contributed by atoms with E-state index in [9.17, 15) is 0 Å². The van der Waals surface area contributed by atoms with Gasteiger partial charge in [-0.1, -0.05) is 39.3 Å². The molecule has 0 spiro atoms. The van der Waals surface area contributed by atoms with Crippen LogP contribution in [-0.4, -0.2) is 7.05 Å². The van der Waals surface area contributed by atoms with Gasteiger partial charge in [-0.2, -0.15) is 0 Å². The fourth-order valence-electron chi connectivity index (χ4n) is 1.93. The Morgan fingerprint density at radius 1 is 1.06 bits per heavy atom. The van der Waals surface area contributed by atoms with Crippen molar-refractivity contribution in [3.63, 3.8) is 0 Å². The van der Waals surface area contributed by atoms with E-state index >= 15 is 0 Å². The van der Waals surface area contributed by atoms with E-state index in [1.807, 2.05) is 12.1 Å². The molecule has 17 heavy (non-hydrogen) atoms. The highest BCUT2D eigenvalue weighted by Crippen LogP contribution is 2.48. The van der Waals surface area contributed by atoms with Crippen molar-refractivity contribution in [3.05, 3.63) is 45.9 Å². The van der Waals surface area contributed by atoms with Gasteiger partial charge in [0, 0.05) is 26.3 Å². The zero-order chi connectivity index (χ0) is 12.0. The van der Waals surface area contributed by atoms with Crippen LogP contribution in [0.2, 0.25) is 5.02 Å². The second-order valence-corrected chi connectivity index (χ2v) is 6.32. The highest BCUT2D eigenvalue weighted by molar-refractivity contribution is 9.10. The van der Waals surface area contributed by atoms with Gasteiger partial charge in [-0.15, -0.1) is 0 Å². The maximum absolute atomic E-state index is 6.05. The van der Waals surface area contributed by atoms with Crippen molar-refractivity contribution in [1.29, 1.82) is 0 Å². The second-order valence-electron chi connectivity index (χ2n) is 3.89. The summed E-state index contributed by atoms with van der Waals surface area (Å²) in [6.45, 7) is 0. The standard InChI is InChI=1S/C13H9BrClNS/c1-16-10-4-2-8(14)6-13(10)17-12-5-3-9(15)7-11(12)16/h2-7H,1H3. The molecule has 0 unspecified atom stereocenters. The molecule has 2 aromatic rings. The van der Waals surface area contributed by atoms with Crippen LogP contribution in [0.1, 0.15) is 0 Å². The van der Waals surface area contributed by atoms with E-state index < -0.39 is 0 Å². The van der Waals surface area contributed by atoms with Crippen molar-refractivity contribution in [3.8, 4) is 0 Å². The summed E-state index contributed by atoms with van der Waals surface area (Å²) in [5.41, 5.74) is 2.38. The molecule has 2 aromatic carbocycles. The molecule has 0 saturated carbocycles. The summed E-state index contributed by atoms with van der Waals surface area (Å²) in [6.07, 6.45) is 0. The normalized spacial score (nSPS) is 13.2. The first-order valence-electron chi connectivity index (χ1n) is 5.16. The summed E-state index contributed by atoms with van der Waals surface area (Å²) in [5.74, 6) is 0. The molecule has 0 amide bonds. The zero-order valence-electron chi connectivity index (χ0n) is 9.08. The van der Waals surface area contributed by atoms with Crippen LogP contribution in [0.4, 0.5) is 11.4 Å². The maximum Gasteiger partial charge on any atom is 0.0565 e. The lowest BCUT2D eigenvalue weighted by Crippen LogP contribution is -2.14. The summed E-state index contributed by atoms with van der Waals surface area (Å²) in [6, 6.07) is 12.3. The number of rotatable bonds is 0. The van der Waals surface area contributed by atoms with Crippen LogP contribution in [-0.2, 0) is 0 Å². The van der Waals surface area contributed by atoms with E-state index in [-0.39, 0.29) is 0 Å². The molecule has 1 nitrogen and oxygen atoms in total. The van der Waals surface area contributed by atoms with E-state index in [1.54, 1.807) is 11.8 Å². The number of fused-ring (bicyclic) bond motifs is 2. The van der Waals surface area contributed by atoms with Crippen LogP contribution in [0.3, 0.4) is 0 Å². The molecule has 0 atom stereocenters. The number of hydrogen-bond acceptors (Lipinski definition) is 2. The first kappa shape index (κ1) is 11.5. The largest absolute Gasteiger partial charge is 0.343 e. The van der Waals surface area contributed by atoms with Gasteiger partial charge >= 0.3 is 0 Å². The number of benzene rings is 2. The highest BCUT2D eigenvalue weighted by Gasteiger charge is 2.20. The smallest absolute Gasteiger partial charge is 0.0565 e. The van der Waals surface area contributed by atoms with Crippen molar-refractivity contribution < 1.29 is 0 Å². The Bertz CT molecular complexity index is 600. The molecule has 0 fully saturated rings. The fraction of sp³-hybridized carbons (Fsp3) is 0.0769. The molecule has 1 aliphatic rings. The Hall–Kier alpha value is -0.640. The molecule has 1 aliphatic heterocycles. The van der Waals surface area contributed by atoms with E-state index in [0.29, 0.717) is 0 Å². The third kappa shape index (κ3) is 1.96. The molecule has 3 rings (SSSR count). The number of hydrogen-bond donors (Lipinski definition) is 0. The van der Waals surface area contributed by atoms with Gasteiger partial charge in [-0.3, -0.25) is 0 Å². The Morgan fingerprint density at radius 3 is 2.71 bits per heavy atom. The first-order chi connectivity index (χ1) is 8.15. The molecular formula is C13H9BrClNS. The summed E-state index contributed by atoms with van der Waals surface area (Å²) < 4.78 is 1.11. The Labute approximate surface area is 118 Å². The molecule has 0 saturated heterocycles. The molecule has 0 aromatic heterocycles. The Balaban J connectivity index is 2.17. The van der Waals surface area contributed by atoms with Gasteiger partial charge in [0.2, 0.25) is 0 Å². The molecule has 4 heteroatoms. The summed E-state index contributed by atoms with van der Waals surface area (Å²) >= 11 is 11.3. The second kappa shape index (κ2) is 4.23. The van der Waals surface area contributed by atoms with Gasteiger partial charge in [-0.05, 0) is 36.4 Å². The molecule has 1 heterocycles. The number of nitrogens with zero attached hydrogens (tertiary/aromatic N) is 1. The van der Waals surface area contributed by atoms with Gasteiger partial charge in [0.15, 0.2) is 0 Å². The lowest BCUT2D eigenvalue weighted by Gasteiger charge is -2.29. The molecule has 0 radical (unpaired) electrons. The fourth-order valence-corrected chi connectivity index (χ4v) is 3.78. The predicted octanol–water partition coefficient (Wildman–Crippen LogP) is 5.34. The van der Waals surface area contributed by atoms with Gasteiger partial charge in [0.05, 0.1) is 11.4 Å². The Kier molecular flexibility index (Phi) is 2.85. The van der Waals surface area contributed by atoms with Crippen LogP contribution in [0.15, 0.2) is 50.7 Å². The minimum Gasteiger partial charge on any atom is -0.343 e. The Morgan fingerprint density at radius 2 is 1.88 bits per heavy atom. The molecule has 0 bridgehead atoms. The first-order valence-corrected chi connectivity index (χ1v) is 7.14. The monoisotopic (exact) mass is 325 g/mol. The zero-order valence-corrected chi connectivity index (χ0v) is 12.2. The van der Waals surface area contributed by atoms with Gasteiger partial charge in [0.1, 0.15) is 0 Å². The van der Waals surface area contributed by atoms with Crippen LogP contribution in [0.25, 0.3) is 0 Å². The predicted molar refractivity (Wildman–Crippen MR) is 77.8 cm³/mol. The quantitative estimate of drug-likeness (QED) is 0.643. The molecule has 0 N–H and O–H groups in total. The topological polar surface area (TPSA) is 3.24 Å². The highest BCUT2D eigenvalue weighted by atomic mass is 79.9. The average molecular weight is 327 g/mol. The number of anilines is 2. The maximum atomic E-state index is 6.05. The lowest BCUT2D eigenvalue weighted by molar-refractivity contribution is 1.11. The SMILES string of the molecule is CN1c2ccc(Br)cc2Sc2ccc(Cl)cc21. The van der Waals surface area contributed by atoms with Crippen LogP contribution >= 0.6 is 39.3 Å². The van der Waals surface area contributed by atoms with Crippen LogP contribution in [0, 0.1) is 0 Å². The van der Waals surface area contributed by atoms with Crippen molar-refractivity contribution in [2.45, 2.75) is 9.79 Å². The third-order valence-electron chi connectivity index (χ3n) is 2.79. The van der Waals surface area contributed by atoms with Crippen LogP contribution < -0.4 is 4.90 Å². The van der Waals surface area contributed by atoms with Crippen molar-refractivity contribution in [1.82, 2.24) is 0 Å². The van der Waals surface area contributed by atoms with Crippen LogP contribution in [0.5, 0.6) is 0 Å². The van der Waals surface area contributed by atoms with Gasteiger partial charge < -0.3 is 4.90 Å². The van der Waals surface area contributed by atoms with E-state index in [2.05, 4.69) is 52.1 Å². The number of halogens is 2.